The molecule has 0 saturated heterocycles. The van der Waals surface area contributed by atoms with E-state index in [0.717, 1.165) is 0 Å². The van der Waals surface area contributed by atoms with E-state index in [2.05, 4.69) is 17.5 Å². The average molecular weight is 190 g/mol. The summed E-state index contributed by atoms with van der Waals surface area (Å²) in [6, 6.07) is 0. The molecule has 5 heteroatoms. The third-order valence-electron chi connectivity index (χ3n) is 1.23. The molecule has 0 aromatic rings. The van der Waals surface area contributed by atoms with Gasteiger partial charge in [-0.3, -0.25) is 4.79 Å². The molecule has 0 aliphatic heterocycles. The van der Waals surface area contributed by atoms with E-state index in [1.54, 1.807) is 7.11 Å². The Morgan fingerprint density at radius 3 is 2.75 bits per heavy atom. The van der Waals surface area contributed by atoms with E-state index in [-0.39, 0.29) is 5.91 Å². The van der Waals surface area contributed by atoms with Crippen LogP contribution in [0.5, 0.6) is 0 Å². The van der Waals surface area contributed by atoms with Crippen molar-refractivity contribution in [2.24, 2.45) is 5.73 Å². The van der Waals surface area contributed by atoms with Gasteiger partial charge in [0.15, 0.2) is 0 Å². The van der Waals surface area contributed by atoms with E-state index in [4.69, 9.17) is 10.5 Å². The van der Waals surface area contributed by atoms with Gasteiger partial charge in [0.25, 0.3) is 0 Å². The molecule has 3 N–H and O–H groups in total. The lowest BCUT2D eigenvalue weighted by molar-refractivity contribution is -0.121. The summed E-state index contributed by atoms with van der Waals surface area (Å²) in [4.78, 5) is 11.3. The smallest absolute Gasteiger partial charge is 0.222 e. The van der Waals surface area contributed by atoms with Crippen LogP contribution in [0.1, 0.15) is 12.8 Å². The zero-order valence-corrected chi connectivity index (χ0v) is 7.95. The number of amides is 1. The van der Waals surface area contributed by atoms with Gasteiger partial charge in [0.05, 0.1) is 11.6 Å². The minimum absolute atomic E-state index is 0.0342. The standard InChI is InChI=1S/C7H14N2O2S/c1-11-5-3-7(10)9-4-2-6(8)12/h2-5H2,1H3,(H2,8,12)(H,9,10). The van der Waals surface area contributed by atoms with Gasteiger partial charge in [-0.1, -0.05) is 12.2 Å². The van der Waals surface area contributed by atoms with Crippen molar-refractivity contribution >= 4 is 23.1 Å². The van der Waals surface area contributed by atoms with Gasteiger partial charge < -0.3 is 15.8 Å². The summed E-state index contributed by atoms with van der Waals surface area (Å²) >= 11 is 4.64. The Balaban J connectivity index is 3.25. The van der Waals surface area contributed by atoms with Crippen LogP contribution in [0.2, 0.25) is 0 Å². The van der Waals surface area contributed by atoms with Crippen molar-refractivity contribution in [1.82, 2.24) is 5.32 Å². The first-order valence-electron chi connectivity index (χ1n) is 3.70. The molecule has 12 heavy (non-hydrogen) atoms. The first-order chi connectivity index (χ1) is 5.66. The SMILES string of the molecule is COCCC(=O)NCCC(N)=S. The summed E-state index contributed by atoms with van der Waals surface area (Å²) in [5.41, 5.74) is 5.23. The maximum Gasteiger partial charge on any atom is 0.222 e. The second-order valence-corrected chi connectivity index (χ2v) is 2.83. The van der Waals surface area contributed by atoms with Gasteiger partial charge in [-0.15, -0.1) is 0 Å². The maximum absolute atomic E-state index is 10.9. The molecule has 4 nitrogen and oxygen atoms in total. The predicted molar refractivity (Wildman–Crippen MR) is 50.9 cm³/mol. The zero-order valence-electron chi connectivity index (χ0n) is 7.13. The Labute approximate surface area is 77.5 Å². The molecule has 0 aromatic heterocycles. The van der Waals surface area contributed by atoms with Gasteiger partial charge in [0.2, 0.25) is 5.91 Å². The van der Waals surface area contributed by atoms with Crippen molar-refractivity contribution < 1.29 is 9.53 Å². The molecule has 1 amide bonds. The summed E-state index contributed by atoms with van der Waals surface area (Å²) < 4.78 is 4.73. The Kier molecular flexibility index (Phi) is 6.60. The highest BCUT2D eigenvalue weighted by Crippen LogP contribution is 1.82. The highest BCUT2D eigenvalue weighted by Gasteiger charge is 1.99. The first-order valence-corrected chi connectivity index (χ1v) is 4.11. The minimum atomic E-state index is -0.0342. The Morgan fingerprint density at radius 2 is 2.25 bits per heavy atom. The highest BCUT2D eigenvalue weighted by molar-refractivity contribution is 7.80. The number of ether oxygens (including phenoxy) is 1. The average Bonchev–Trinajstić information content (AvgIpc) is 2.00. The molecule has 0 unspecified atom stereocenters. The van der Waals surface area contributed by atoms with Crippen LogP contribution in [0, 0.1) is 0 Å². The van der Waals surface area contributed by atoms with Crippen LogP contribution < -0.4 is 11.1 Å². The number of carbonyl (C=O) groups is 1. The van der Waals surface area contributed by atoms with E-state index in [1.165, 1.54) is 0 Å². The molecule has 0 bridgehead atoms. The van der Waals surface area contributed by atoms with Crippen LogP contribution in [0.3, 0.4) is 0 Å². The van der Waals surface area contributed by atoms with Gasteiger partial charge in [-0.05, 0) is 0 Å². The summed E-state index contributed by atoms with van der Waals surface area (Å²) in [6.07, 6.45) is 0.932. The summed E-state index contributed by atoms with van der Waals surface area (Å²) in [5, 5.41) is 2.66. The fourth-order valence-electron chi connectivity index (χ4n) is 0.608. The Hall–Kier alpha value is -0.680. The van der Waals surface area contributed by atoms with Crippen LogP contribution >= 0.6 is 12.2 Å². The molecule has 0 heterocycles. The van der Waals surface area contributed by atoms with Gasteiger partial charge in [0, 0.05) is 26.5 Å². The van der Waals surface area contributed by atoms with Gasteiger partial charge in [0.1, 0.15) is 0 Å². The number of hydrogen-bond acceptors (Lipinski definition) is 3. The highest BCUT2D eigenvalue weighted by atomic mass is 32.1. The number of methoxy groups -OCH3 is 1. The van der Waals surface area contributed by atoms with Crippen LogP contribution in [0.25, 0.3) is 0 Å². The van der Waals surface area contributed by atoms with Gasteiger partial charge in [-0.2, -0.15) is 0 Å². The fourth-order valence-corrected chi connectivity index (χ4v) is 0.710. The van der Waals surface area contributed by atoms with Crippen molar-refractivity contribution in [3.63, 3.8) is 0 Å². The third-order valence-corrected chi connectivity index (χ3v) is 1.43. The quantitative estimate of drug-likeness (QED) is 0.570. The Morgan fingerprint density at radius 1 is 1.58 bits per heavy atom. The van der Waals surface area contributed by atoms with E-state index in [0.29, 0.717) is 31.0 Å². The number of carbonyl (C=O) groups excluding carboxylic acids is 1. The molecule has 0 aromatic carbocycles. The van der Waals surface area contributed by atoms with E-state index >= 15 is 0 Å². The van der Waals surface area contributed by atoms with E-state index in [9.17, 15) is 4.79 Å². The summed E-state index contributed by atoms with van der Waals surface area (Å²) in [7, 11) is 1.56. The monoisotopic (exact) mass is 190 g/mol. The molecular weight excluding hydrogens is 176 g/mol. The van der Waals surface area contributed by atoms with Crippen molar-refractivity contribution in [3.05, 3.63) is 0 Å². The van der Waals surface area contributed by atoms with Crippen LogP contribution in [-0.2, 0) is 9.53 Å². The number of thiocarbonyl (C=S) groups is 1. The van der Waals surface area contributed by atoms with Gasteiger partial charge >= 0.3 is 0 Å². The molecule has 0 aliphatic carbocycles. The molecule has 0 atom stereocenters. The van der Waals surface area contributed by atoms with Crippen LogP contribution in [0.15, 0.2) is 0 Å². The minimum Gasteiger partial charge on any atom is -0.393 e. The summed E-state index contributed by atoms with van der Waals surface area (Å²) in [6.45, 7) is 0.955. The fraction of sp³-hybridized carbons (Fsp3) is 0.714. The predicted octanol–water partition coefficient (Wildman–Crippen LogP) is -0.185. The second kappa shape index (κ2) is 7.00. The van der Waals surface area contributed by atoms with Gasteiger partial charge in [-0.25, -0.2) is 0 Å². The second-order valence-electron chi connectivity index (χ2n) is 2.31. The van der Waals surface area contributed by atoms with Crippen molar-refractivity contribution in [2.45, 2.75) is 12.8 Å². The summed E-state index contributed by atoms with van der Waals surface area (Å²) in [5.74, 6) is -0.0342. The molecular formula is C7H14N2O2S. The number of hydrogen-bond donors (Lipinski definition) is 2. The van der Waals surface area contributed by atoms with E-state index < -0.39 is 0 Å². The van der Waals surface area contributed by atoms with Crippen molar-refractivity contribution in [3.8, 4) is 0 Å². The maximum atomic E-state index is 10.9. The number of nitrogens with one attached hydrogen (secondary N) is 1. The number of rotatable bonds is 6. The molecule has 0 aliphatic rings. The number of nitrogens with two attached hydrogens (primary N) is 1. The van der Waals surface area contributed by atoms with Crippen molar-refractivity contribution in [1.29, 1.82) is 0 Å². The largest absolute Gasteiger partial charge is 0.393 e. The molecule has 0 rings (SSSR count). The lowest BCUT2D eigenvalue weighted by atomic mass is 10.4. The molecule has 0 fully saturated rings. The lowest BCUT2D eigenvalue weighted by Crippen LogP contribution is -2.27. The molecule has 0 radical (unpaired) electrons. The van der Waals surface area contributed by atoms with E-state index in [1.807, 2.05) is 0 Å². The molecule has 0 spiro atoms. The van der Waals surface area contributed by atoms with Crippen LogP contribution in [-0.4, -0.2) is 31.2 Å². The first kappa shape index (κ1) is 11.3. The zero-order chi connectivity index (χ0) is 9.40. The third kappa shape index (κ3) is 7.43. The topological polar surface area (TPSA) is 64.3 Å². The van der Waals surface area contributed by atoms with Crippen molar-refractivity contribution in [2.75, 3.05) is 20.3 Å². The normalized spacial score (nSPS) is 9.42. The van der Waals surface area contributed by atoms with Crippen LogP contribution in [0.4, 0.5) is 0 Å². The molecule has 70 valence electrons. The molecule has 0 saturated carbocycles. The Bertz CT molecular complexity index is 161. The lowest BCUT2D eigenvalue weighted by Gasteiger charge is -2.02.